The number of ether oxygens (including phenoxy) is 1. The molecule has 0 aromatic heterocycles. The highest BCUT2D eigenvalue weighted by Crippen LogP contribution is 2.26. The molecule has 17 heavy (non-hydrogen) atoms. The van der Waals surface area contributed by atoms with E-state index in [1.165, 1.54) is 25.7 Å². The van der Waals surface area contributed by atoms with Crippen LogP contribution in [0, 0.1) is 5.92 Å². The van der Waals surface area contributed by atoms with Gasteiger partial charge in [-0.15, -0.1) is 0 Å². The minimum absolute atomic E-state index is 0.0816. The monoisotopic (exact) mass is 240 g/mol. The van der Waals surface area contributed by atoms with Crippen LogP contribution in [0.2, 0.25) is 0 Å². The average Bonchev–Trinajstić information content (AvgIpc) is 2.82. The summed E-state index contributed by atoms with van der Waals surface area (Å²) in [5.74, 6) is 0.846. The third-order valence-corrected chi connectivity index (χ3v) is 3.83. The second kappa shape index (κ2) is 6.24. The molecule has 2 fully saturated rings. The smallest absolute Gasteiger partial charge is 0.317 e. The molecule has 0 aromatic carbocycles. The van der Waals surface area contributed by atoms with E-state index in [9.17, 15) is 4.79 Å². The van der Waals surface area contributed by atoms with Crippen LogP contribution < -0.4 is 5.32 Å². The first-order valence-electron chi connectivity index (χ1n) is 6.90. The van der Waals surface area contributed by atoms with Gasteiger partial charge in [0.1, 0.15) is 0 Å². The summed E-state index contributed by atoms with van der Waals surface area (Å²) in [5, 5.41) is 3.03. The van der Waals surface area contributed by atoms with Gasteiger partial charge in [0, 0.05) is 19.6 Å². The van der Waals surface area contributed by atoms with Crippen LogP contribution >= 0.6 is 0 Å². The number of rotatable bonds is 3. The Labute approximate surface area is 104 Å². The van der Waals surface area contributed by atoms with Crippen LogP contribution in [0.4, 0.5) is 4.79 Å². The van der Waals surface area contributed by atoms with Gasteiger partial charge in [0.2, 0.25) is 0 Å². The molecule has 1 saturated heterocycles. The van der Waals surface area contributed by atoms with E-state index in [-0.39, 0.29) is 12.1 Å². The fraction of sp³-hybridized carbons (Fsp3) is 0.923. The molecule has 4 nitrogen and oxygen atoms in total. The first kappa shape index (κ1) is 12.7. The van der Waals surface area contributed by atoms with Crippen molar-refractivity contribution in [3.05, 3.63) is 0 Å². The maximum absolute atomic E-state index is 11.9. The summed E-state index contributed by atoms with van der Waals surface area (Å²) in [6.07, 6.45) is 6.77. The van der Waals surface area contributed by atoms with Crippen LogP contribution in [-0.2, 0) is 4.74 Å². The zero-order valence-electron chi connectivity index (χ0n) is 10.8. The second-order valence-electron chi connectivity index (χ2n) is 5.30. The quantitative estimate of drug-likeness (QED) is 0.819. The van der Waals surface area contributed by atoms with Crippen LogP contribution in [-0.4, -0.2) is 43.3 Å². The van der Waals surface area contributed by atoms with Crippen molar-refractivity contribution in [1.29, 1.82) is 0 Å². The summed E-state index contributed by atoms with van der Waals surface area (Å²) in [5.41, 5.74) is 0. The molecule has 98 valence electrons. The standard InChI is InChI=1S/C13H24N2O2/c1-11-10-15(8-9-17-11)13(16)14-7-6-12-4-2-3-5-12/h11-12H,2-10H2,1H3,(H,14,16). The van der Waals surface area contributed by atoms with Crippen LogP contribution in [0.25, 0.3) is 0 Å². The molecule has 0 radical (unpaired) electrons. The Morgan fingerprint density at radius 2 is 2.18 bits per heavy atom. The molecule has 1 N–H and O–H groups in total. The molecular weight excluding hydrogens is 216 g/mol. The molecule has 1 unspecified atom stereocenters. The first-order valence-corrected chi connectivity index (χ1v) is 6.90. The molecule has 0 bridgehead atoms. The number of carbonyl (C=O) groups is 1. The number of nitrogens with zero attached hydrogens (tertiary/aromatic N) is 1. The molecule has 2 rings (SSSR count). The Morgan fingerprint density at radius 3 is 2.88 bits per heavy atom. The highest BCUT2D eigenvalue weighted by Gasteiger charge is 2.21. The number of hydrogen-bond donors (Lipinski definition) is 1. The molecule has 0 aromatic rings. The van der Waals surface area contributed by atoms with E-state index in [0.29, 0.717) is 6.61 Å². The molecule has 1 atom stereocenters. The average molecular weight is 240 g/mol. The van der Waals surface area contributed by atoms with Gasteiger partial charge < -0.3 is 15.0 Å². The van der Waals surface area contributed by atoms with E-state index in [1.807, 2.05) is 11.8 Å². The minimum Gasteiger partial charge on any atom is -0.375 e. The molecular formula is C13H24N2O2. The minimum atomic E-state index is 0.0816. The molecule has 1 aliphatic carbocycles. The van der Waals surface area contributed by atoms with Crippen LogP contribution in [0.3, 0.4) is 0 Å². The topological polar surface area (TPSA) is 41.6 Å². The van der Waals surface area contributed by atoms with E-state index in [0.717, 1.165) is 32.0 Å². The van der Waals surface area contributed by atoms with Gasteiger partial charge in [0.15, 0.2) is 0 Å². The predicted molar refractivity (Wildman–Crippen MR) is 67.0 cm³/mol. The van der Waals surface area contributed by atoms with Crippen molar-refractivity contribution in [1.82, 2.24) is 10.2 Å². The van der Waals surface area contributed by atoms with Gasteiger partial charge >= 0.3 is 6.03 Å². The Balaban J connectivity index is 1.62. The van der Waals surface area contributed by atoms with Gasteiger partial charge in [0.05, 0.1) is 12.7 Å². The highest BCUT2D eigenvalue weighted by atomic mass is 16.5. The predicted octanol–water partition coefficient (Wildman–Crippen LogP) is 2.00. The third-order valence-electron chi connectivity index (χ3n) is 3.83. The zero-order chi connectivity index (χ0) is 12.1. The van der Waals surface area contributed by atoms with Crippen LogP contribution in [0.1, 0.15) is 39.0 Å². The largest absolute Gasteiger partial charge is 0.375 e. The summed E-state index contributed by atoms with van der Waals surface area (Å²) < 4.78 is 5.42. The number of amides is 2. The molecule has 1 heterocycles. The summed E-state index contributed by atoms with van der Waals surface area (Å²) >= 11 is 0. The first-order chi connectivity index (χ1) is 8.25. The van der Waals surface area contributed by atoms with Gasteiger partial charge in [-0.2, -0.15) is 0 Å². The van der Waals surface area contributed by atoms with Crippen molar-refractivity contribution >= 4 is 6.03 Å². The Hall–Kier alpha value is -0.770. The maximum Gasteiger partial charge on any atom is 0.317 e. The van der Waals surface area contributed by atoms with Crippen LogP contribution in [0.15, 0.2) is 0 Å². The molecule has 1 saturated carbocycles. The maximum atomic E-state index is 11.9. The number of carbonyl (C=O) groups excluding carboxylic acids is 1. The van der Waals surface area contributed by atoms with E-state index < -0.39 is 0 Å². The summed E-state index contributed by atoms with van der Waals surface area (Å²) in [6, 6.07) is 0.0816. The Bertz CT molecular complexity index is 252. The van der Waals surface area contributed by atoms with E-state index in [4.69, 9.17) is 4.74 Å². The summed E-state index contributed by atoms with van der Waals surface area (Å²) in [4.78, 5) is 13.7. The molecule has 0 spiro atoms. The Kier molecular flexibility index (Phi) is 4.66. The van der Waals surface area contributed by atoms with Crippen molar-refractivity contribution in [3.8, 4) is 0 Å². The summed E-state index contributed by atoms with van der Waals surface area (Å²) in [7, 11) is 0. The van der Waals surface area contributed by atoms with Gasteiger partial charge in [-0.05, 0) is 19.3 Å². The molecule has 2 amide bonds. The van der Waals surface area contributed by atoms with Gasteiger partial charge in [-0.1, -0.05) is 25.7 Å². The van der Waals surface area contributed by atoms with Crippen LogP contribution in [0.5, 0.6) is 0 Å². The van der Waals surface area contributed by atoms with E-state index >= 15 is 0 Å². The Morgan fingerprint density at radius 1 is 1.41 bits per heavy atom. The fourth-order valence-corrected chi connectivity index (χ4v) is 2.80. The molecule has 4 heteroatoms. The lowest BCUT2D eigenvalue weighted by Crippen LogP contribution is -2.49. The van der Waals surface area contributed by atoms with Crippen molar-refractivity contribution in [2.75, 3.05) is 26.2 Å². The van der Waals surface area contributed by atoms with E-state index in [2.05, 4.69) is 5.32 Å². The second-order valence-corrected chi connectivity index (χ2v) is 5.30. The van der Waals surface area contributed by atoms with Gasteiger partial charge in [0.25, 0.3) is 0 Å². The van der Waals surface area contributed by atoms with E-state index in [1.54, 1.807) is 0 Å². The number of nitrogens with one attached hydrogen (secondary N) is 1. The van der Waals surface area contributed by atoms with Crippen molar-refractivity contribution in [3.63, 3.8) is 0 Å². The number of morpholine rings is 1. The highest BCUT2D eigenvalue weighted by molar-refractivity contribution is 5.74. The number of urea groups is 1. The van der Waals surface area contributed by atoms with Gasteiger partial charge in [-0.25, -0.2) is 4.79 Å². The van der Waals surface area contributed by atoms with Gasteiger partial charge in [-0.3, -0.25) is 0 Å². The molecule has 1 aliphatic heterocycles. The van der Waals surface area contributed by atoms with Crippen molar-refractivity contribution < 1.29 is 9.53 Å². The SMILES string of the molecule is CC1CN(C(=O)NCCC2CCCC2)CCO1. The lowest BCUT2D eigenvalue weighted by Gasteiger charge is -2.31. The third kappa shape index (κ3) is 3.87. The molecule has 2 aliphatic rings. The zero-order valence-corrected chi connectivity index (χ0v) is 10.8. The summed E-state index contributed by atoms with van der Waals surface area (Å²) in [6.45, 7) is 4.94. The fourth-order valence-electron chi connectivity index (χ4n) is 2.80. The van der Waals surface area contributed by atoms with Crippen molar-refractivity contribution in [2.24, 2.45) is 5.92 Å². The number of hydrogen-bond acceptors (Lipinski definition) is 2. The lowest BCUT2D eigenvalue weighted by atomic mass is 10.0. The van der Waals surface area contributed by atoms with Crippen molar-refractivity contribution in [2.45, 2.75) is 45.1 Å². The normalized spacial score (nSPS) is 26.2. The lowest BCUT2D eigenvalue weighted by molar-refractivity contribution is -0.00348.